The van der Waals surface area contributed by atoms with Crippen LogP contribution in [0.25, 0.3) is 0 Å². The summed E-state index contributed by atoms with van der Waals surface area (Å²) < 4.78 is 56.0. The van der Waals surface area contributed by atoms with Crippen LogP contribution in [0.4, 0.5) is 13.2 Å². The topological polar surface area (TPSA) is 49.7 Å². The maximum Gasteiger partial charge on any atom is 0.573 e. The molecule has 0 spiro atoms. The number of benzene rings is 1. The molecule has 0 unspecified atom stereocenters. The van der Waals surface area contributed by atoms with Crippen molar-refractivity contribution in [2.45, 2.75) is 11.3 Å². The van der Waals surface area contributed by atoms with Crippen LogP contribution in [0, 0.1) is 0 Å². The van der Waals surface area contributed by atoms with Crippen LogP contribution in [0.1, 0.15) is 0 Å². The number of hydrogen-bond donors (Lipinski definition) is 2. The van der Waals surface area contributed by atoms with Gasteiger partial charge in [0, 0.05) is 12.1 Å². The van der Waals surface area contributed by atoms with Crippen LogP contribution in [-0.2, 0) is 11.5 Å². The first-order valence-electron chi connectivity index (χ1n) is 3.37. The molecule has 7 heteroatoms. The largest absolute Gasteiger partial charge is 0.573 e. The van der Waals surface area contributed by atoms with Crippen LogP contribution in [0.5, 0.6) is 5.75 Å². The minimum Gasteiger partial charge on any atom is -0.406 e. The maximum absolute atomic E-state index is 11.7. The van der Waals surface area contributed by atoms with E-state index in [2.05, 4.69) is 4.74 Å². The molecule has 0 fully saturated rings. The molecule has 1 aromatic rings. The average molecular weight is 227 g/mol. The van der Waals surface area contributed by atoms with E-state index in [1.165, 1.54) is 0 Å². The second-order valence-corrected chi connectivity index (χ2v) is 3.28. The number of halogens is 3. The van der Waals surface area contributed by atoms with E-state index in [1.807, 2.05) is 0 Å². The molecule has 0 aliphatic rings. The molecular weight excluding hydrogens is 221 g/mol. The van der Waals surface area contributed by atoms with Crippen LogP contribution in [0.15, 0.2) is 29.2 Å². The van der Waals surface area contributed by atoms with Gasteiger partial charge >= 0.3 is 17.8 Å². The number of ether oxygens (including phenoxy) is 1. The molecule has 0 aliphatic heterocycles. The third-order valence-electron chi connectivity index (χ3n) is 1.27. The van der Waals surface area contributed by atoms with Crippen molar-refractivity contribution >= 4 is 11.5 Å². The van der Waals surface area contributed by atoms with Gasteiger partial charge in [0.25, 0.3) is 0 Å². The van der Waals surface area contributed by atoms with Gasteiger partial charge in [-0.2, -0.15) is 9.11 Å². The Morgan fingerprint density at radius 1 is 1.07 bits per heavy atom. The summed E-state index contributed by atoms with van der Waals surface area (Å²) >= 11 is -1.95. The van der Waals surface area contributed by atoms with E-state index in [9.17, 15) is 13.2 Å². The van der Waals surface area contributed by atoms with E-state index in [-0.39, 0.29) is 4.90 Å². The zero-order chi connectivity index (χ0) is 10.8. The highest BCUT2D eigenvalue weighted by Crippen LogP contribution is 2.23. The van der Waals surface area contributed by atoms with E-state index in [1.54, 1.807) is 0 Å². The number of alkyl halides is 3. The first-order valence-corrected chi connectivity index (χ1v) is 4.50. The van der Waals surface area contributed by atoms with E-state index in [0.29, 0.717) is 0 Å². The molecule has 2 N–H and O–H groups in total. The summed E-state index contributed by atoms with van der Waals surface area (Å²) in [6.07, 6.45) is -4.73. The van der Waals surface area contributed by atoms with Crippen molar-refractivity contribution in [3.05, 3.63) is 24.3 Å². The fraction of sp³-hybridized carbons (Fsp3) is 0.143. The summed E-state index contributed by atoms with van der Waals surface area (Å²) in [5, 5.41) is 0. The highest BCUT2D eigenvalue weighted by Gasteiger charge is 2.31. The molecule has 0 bridgehead atoms. The summed E-state index contributed by atoms with van der Waals surface area (Å²) in [6.45, 7) is 0. The second kappa shape index (κ2) is 4.07. The van der Waals surface area contributed by atoms with Gasteiger partial charge in [-0.05, 0) is 12.1 Å². The van der Waals surface area contributed by atoms with Gasteiger partial charge in [-0.25, -0.2) is 0 Å². The second-order valence-electron chi connectivity index (χ2n) is 2.28. The van der Waals surface area contributed by atoms with E-state index in [4.69, 9.17) is 9.11 Å². The minimum absolute atomic E-state index is 0.125. The van der Waals surface area contributed by atoms with Crippen molar-refractivity contribution in [3.8, 4) is 5.75 Å². The molecule has 14 heavy (non-hydrogen) atoms. The quantitative estimate of drug-likeness (QED) is 0.763. The van der Waals surface area contributed by atoms with Gasteiger partial charge in [0.15, 0.2) is 0 Å². The maximum atomic E-state index is 11.7. The van der Waals surface area contributed by atoms with E-state index >= 15 is 0 Å². The lowest BCUT2D eigenvalue weighted by Crippen LogP contribution is -2.17. The number of hydrogen-bond acceptors (Lipinski definition) is 3. The van der Waals surface area contributed by atoms with Crippen molar-refractivity contribution in [1.82, 2.24) is 0 Å². The normalized spacial score (nSPS) is 11.9. The summed E-state index contributed by atoms with van der Waals surface area (Å²) in [5.74, 6) is -0.397. The van der Waals surface area contributed by atoms with Crippen molar-refractivity contribution in [2.75, 3.05) is 0 Å². The Morgan fingerprint density at radius 3 is 1.93 bits per heavy atom. The van der Waals surface area contributed by atoms with Gasteiger partial charge in [-0.3, -0.25) is 0 Å². The van der Waals surface area contributed by atoms with E-state index < -0.39 is 23.6 Å². The van der Waals surface area contributed by atoms with Gasteiger partial charge in [0.1, 0.15) is 5.75 Å². The Bertz CT molecular complexity index is 296. The molecule has 0 saturated carbocycles. The Kier molecular flexibility index (Phi) is 3.25. The van der Waals surface area contributed by atoms with Gasteiger partial charge < -0.3 is 4.74 Å². The standard InChI is InChI=1S/C7H6F3O3S/c8-7(9,10)13-5-1-3-6(4-2-5)14(11)12/h1-4,11-12H/q+1. The number of rotatable bonds is 2. The molecule has 0 atom stereocenters. The fourth-order valence-corrected chi connectivity index (χ4v) is 1.14. The molecule has 0 saturated heterocycles. The van der Waals surface area contributed by atoms with Crippen molar-refractivity contribution in [2.24, 2.45) is 0 Å². The highest BCUT2D eigenvalue weighted by atomic mass is 32.2. The zero-order valence-electron chi connectivity index (χ0n) is 6.65. The lowest BCUT2D eigenvalue weighted by molar-refractivity contribution is -0.274. The van der Waals surface area contributed by atoms with Crippen molar-refractivity contribution in [3.63, 3.8) is 0 Å². The molecule has 0 aromatic heterocycles. The lowest BCUT2D eigenvalue weighted by Gasteiger charge is -2.07. The zero-order valence-corrected chi connectivity index (χ0v) is 7.47. The third kappa shape index (κ3) is 3.44. The average Bonchev–Trinajstić information content (AvgIpc) is 2.02. The predicted molar refractivity (Wildman–Crippen MR) is 44.0 cm³/mol. The van der Waals surface area contributed by atoms with Crippen LogP contribution >= 0.6 is 0 Å². The molecular formula is C7H6F3O3S+. The Morgan fingerprint density at radius 2 is 1.57 bits per heavy atom. The Balaban J connectivity index is 2.74. The van der Waals surface area contributed by atoms with Crippen LogP contribution in [-0.4, -0.2) is 15.5 Å². The molecule has 78 valence electrons. The summed E-state index contributed by atoms with van der Waals surface area (Å²) in [5.41, 5.74) is 0. The molecule has 1 aromatic carbocycles. The first kappa shape index (κ1) is 11.2. The van der Waals surface area contributed by atoms with Crippen molar-refractivity contribution < 1.29 is 27.0 Å². The van der Waals surface area contributed by atoms with Gasteiger partial charge in [-0.1, -0.05) is 0 Å². The summed E-state index contributed by atoms with van der Waals surface area (Å²) in [4.78, 5) is 0.125. The highest BCUT2D eigenvalue weighted by molar-refractivity contribution is 7.85. The van der Waals surface area contributed by atoms with Crippen LogP contribution in [0.3, 0.4) is 0 Å². The fourth-order valence-electron chi connectivity index (χ4n) is 0.763. The van der Waals surface area contributed by atoms with Gasteiger partial charge in [-0.15, -0.1) is 13.2 Å². The molecule has 0 aliphatic carbocycles. The van der Waals surface area contributed by atoms with Crippen LogP contribution < -0.4 is 4.74 Å². The molecule has 1 rings (SSSR count). The predicted octanol–water partition coefficient (Wildman–Crippen LogP) is 2.51. The van der Waals surface area contributed by atoms with Gasteiger partial charge in [0.05, 0.1) is 0 Å². The SMILES string of the molecule is O[S+](O)c1ccc(OC(F)(F)F)cc1. The smallest absolute Gasteiger partial charge is 0.406 e. The van der Waals surface area contributed by atoms with Crippen LogP contribution in [0.2, 0.25) is 0 Å². The molecule has 0 amide bonds. The lowest BCUT2D eigenvalue weighted by atomic mass is 10.3. The van der Waals surface area contributed by atoms with Gasteiger partial charge in [0.2, 0.25) is 4.90 Å². The Hall–Kier alpha value is -0.920. The molecule has 3 nitrogen and oxygen atoms in total. The molecule has 0 radical (unpaired) electrons. The van der Waals surface area contributed by atoms with Crippen molar-refractivity contribution in [1.29, 1.82) is 0 Å². The summed E-state index contributed by atoms with van der Waals surface area (Å²) in [7, 11) is 0. The third-order valence-corrected chi connectivity index (χ3v) is 1.96. The monoisotopic (exact) mass is 227 g/mol. The molecule has 0 heterocycles. The minimum atomic E-state index is -4.73. The Labute approximate surface area is 80.5 Å². The van der Waals surface area contributed by atoms with E-state index in [0.717, 1.165) is 24.3 Å². The first-order chi connectivity index (χ1) is 6.38. The summed E-state index contributed by atoms with van der Waals surface area (Å²) in [6, 6.07) is 4.30.